The molecule has 0 bridgehead atoms. The van der Waals surface area contributed by atoms with Gasteiger partial charge in [-0.15, -0.1) is 0 Å². The first-order valence-corrected chi connectivity index (χ1v) is 7.45. The third-order valence-electron chi connectivity index (χ3n) is 4.07. The van der Waals surface area contributed by atoms with Crippen LogP contribution >= 0.6 is 0 Å². The van der Waals surface area contributed by atoms with Crippen molar-refractivity contribution in [1.29, 1.82) is 0 Å². The number of esters is 1. The second kappa shape index (κ2) is 5.68. The highest BCUT2D eigenvalue weighted by Gasteiger charge is 2.53. The summed E-state index contributed by atoms with van der Waals surface area (Å²) in [6.07, 6.45) is 5.88. The summed E-state index contributed by atoms with van der Waals surface area (Å²) in [4.78, 5) is 12.1. The molecule has 0 aliphatic heterocycles. The first-order chi connectivity index (χ1) is 10.2. The van der Waals surface area contributed by atoms with Gasteiger partial charge in [0.2, 0.25) is 0 Å². The van der Waals surface area contributed by atoms with Crippen molar-refractivity contribution in [2.75, 3.05) is 6.61 Å². The van der Waals surface area contributed by atoms with Crippen LogP contribution in [0.4, 0.5) is 0 Å². The molecule has 3 rings (SSSR count). The molecule has 0 unspecified atom stereocenters. The summed E-state index contributed by atoms with van der Waals surface area (Å²) >= 11 is 0. The lowest BCUT2D eigenvalue weighted by atomic mass is 9.97. The Morgan fingerprint density at radius 1 is 1.14 bits per heavy atom. The zero-order valence-electron chi connectivity index (χ0n) is 12.3. The van der Waals surface area contributed by atoms with Crippen LogP contribution in [0.5, 0.6) is 0 Å². The fourth-order valence-electron chi connectivity index (χ4n) is 2.68. The van der Waals surface area contributed by atoms with Crippen LogP contribution in [0.25, 0.3) is 0 Å². The fourth-order valence-corrected chi connectivity index (χ4v) is 2.68. The van der Waals surface area contributed by atoms with Gasteiger partial charge in [-0.05, 0) is 25.3 Å². The molecule has 0 saturated heterocycles. The van der Waals surface area contributed by atoms with E-state index in [1.807, 2.05) is 49.6 Å². The summed E-state index contributed by atoms with van der Waals surface area (Å²) in [5.41, 5.74) is 1.97. The van der Waals surface area contributed by atoms with Gasteiger partial charge in [0.15, 0.2) is 18.9 Å². The van der Waals surface area contributed by atoms with Crippen LogP contribution in [-0.4, -0.2) is 12.6 Å². The highest BCUT2D eigenvalue weighted by molar-refractivity contribution is 5.86. The van der Waals surface area contributed by atoms with Gasteiger partial charge in [0.25, 0.3) is 0 Å². The maximum atomic E-state index is 12.1. The van der Waals surface area contributed by atoms with Crippen molar-refractivity contribution in [3.05, 3.63) is 66.0 Å². The summed E-state index contributed by atoms with van der Waals surface area (Å²) in [6, 6.07) is 14.4. The molecule has 1 aromatic carbocycles. The van der Waals surface area contributed by atoms with Crippen LogP contribution in [0.1, 0.15) is 30.9 Å². The number of carbonyl (C=O) groups is 1. The van der Waals surface area contributed by atoms with Crippen LogP contribution in [0.2, 0.25) is 0 Å². The Morgan fingerprint density at radius 3 is 2.38 bits per heavy atom. The normalized spacial score (nSPS) is 15.5. The van der Waals surface area contributed by atoms with Gasteiger partial charge in [-0.25, -0.2) is 4.57 Å². The van der Waals surface area contributed by atoms with E-state index in [1.54, 1.807) is 0 Å². The molecule has 3 heteroatoms. The third kappa shape index (κ3) is 2.82. The van der Waals surface area contributed by atoms with E-state index in [0.717, 1.165) is 24.9 Å². The van der Waals surface area contributed by atoms with Crippen molar-refractivity contribution in [2.24, 2.45) is 0 Å². The predicted molar refractivity (Wildman–Crippen MR) is 79.7 cm³/mol. The molecule has 0 atom stereocenters. The Hall–Kier alpha value is -2.16. The van der Waals surface area contributed by atoms with E-state index in [-0.39, 0.29) is 11.4 Å². The minimum absolute atomic E-state index is 0.0780. The van der Waals surface area contributed by atoms with Gasteiger partial charge >= 0.3 is 5.97 Å². The molecule has 0 radical (unpaired) electrons. The summed E-state index contributed by atoms with van der Waals surface area (Å²) < 4.78 is 7.33. The van der Waals surface area contributed by atoms with Crippen LogP contribution in [0.3, 0.4) is 0 Å². The van der Waals surface area contributed by atoms with E-state index < -0.39 is 0 Å². The number of pyridine rings is 1. The Balaban J connectivity index is 1.74. The monoisotopic (exact) mass is 282 g/mol. The number of hydrogen-bond acceptors (Lipinski definition) is 2. The highest BCUT2D eigenvalue weighted by atomic mass is 16.5. The second-order valence-electron chi connectivity index (χ2n) is 5.55. The molecule has 21 heavy (non-hydrogen) atoms. The average molecular weight is 282 g/mol. The number of carbonyl (C=O) groups excluding carboxylic acids is 1. The maximum absolute atomic E-state index is 12.1. The molecular weight excluding hydrogens is 262 g/mol. The van der Waals surface area contributed by atoms with E-state index in [0.29, 0.717) is 6.61 Å². The van der Waals surface area contributed by atoms with Gasteiger partial charge in [-0.2, -0.15) is 0 Å². The number of aromatic nitrogens is 1. The number of rotatable bonds is 5. The second-order valence-corrected chi connectivity index (χ2v) is 5.55. The summed E-state index contributed by atoms with van der Waals surface area (Å²) in [5, 5.41) is 0. The molecule has 0 amide bonds. The maximum Gasteiger partial charge on any atom is 0.316 e. The van der Waals surface area contributed by atoms with E-state index in [2.05, 4.69) is 16.7 Å². The van der Waals surface area contributed by atoms with Crippen molar-refractivity contribution in [1.82, 2.24) is 0 Å². The SMILES string of the molecule is CCOC(=O)C1(c2cc[n+](Cc3ccccc3)cc2)CC1. The van der Waals surface area contributed by atoms with Crippen molar-refractivity contribution in [3.8, 4) is 0 Å². The lowest BCUT2D eigenvalue weighted by molar-refractivity contribution is -0.688. The van der Waals surface area contributed by atoms with Crippen molar-refractivity contribution in [3.63, 3.8) is 0 Å². The standard InChI is InChI=1S/C18H20NO2/c1-2-21-17(20)18(10-11-18)16-8-12-19(13-9-16)14-15-6-4-3-5-7-15/h3-9,12-13H,2,10-11,14H2,1H3/q+1. The van der Waals surface area contributed by atoms with Crippen LogP contribution in [-0.2, 0) is 21.5 Å². The van der Waals surface area contributed by atoms with Crippen LogP contribution in [0.15, 0.2) is 54.9 Å². The summed E-state index contributed by atoms with van der Waals surface area (Å²) in [7, 11) is 0. The first-order valence-electron chi connectivity index (χ1n) is 7.45. The Labute approximate surface area is 125 Å². The minimum Gasteiger partial charge on any atom is -0.465 e. The van der Waals surface area contributed by atoms with Crippen LogP contribution < -0.4 is 4.57 Å². The molecule has 0 spiro atoms. The average Bonchev–Trinajstić information content (AvgIpc) is 3.31. The molecule has 1 aromatic heterocycles. The number of benzene rings is 1. The fraction of sp³-hybridized carbons (Fsp3) is 0.333. The lowest BCUT2D eigenvalue weighted by Crippen LogP contribution is -2.34. The quantitative estimate of drug-likeness (QED) is 0.623. The molecule has 1 heterocycles. The zero-order valence-corrected chi connectivity index (χ0v) is 12.3. The Kier molecular flexibility index (Phi) is 3.74. The molecule has 0 N–H and O–H groups in total. The molecule has 1 aliphatic rings. The first kappa shape index (κ1) is 13.8. The van der Waals surface area contributed by atoms with Gasteiger partial charge < -0.3 is 4.74 Å². The molecule has 1 aliphatic carbocycles. The van der Waals surface area contributed by atoms with Crippen molar-refractivity contribution in [2.45, 2.75) is 31.7 Å². The molecule has 2 aromatic rings. The van der Waals surface area contributed by atoms with Gasteiger partial charge in [-0.1, -0.05) is 30.3 Å². The van der Waals surface area contributed by atoms with Gasteiger partial charge in [-0.3, -0.25) is 4.79 Å². The largest absolute Gasteiger partial charge is 0.465 e. The molecule has 1 fully saturated rings. The molecule has 108 valence electrons. The van der Waals surface area contributed by atoms with Gasteiger partial charge in [0.1, 0.15) is 0 Å². The van der Waals surface area contributed by atoms with E-state index in [9.17, 15) is 4.79 Å². The summed E-state index contributed by atoms with van der Waals surface area (Å²) in [6.45, 7) is 3.14. The van der Waals surface area contributed by atoms with E-state index in [4.69, 9.17) is 4.74 Å². The molecule has 3 nitrogen and oxygen atoms in total. The van der Waals surface area contributed by atoms with E-state index >= 15 is 0 Å². The highest BCUT2D eigenvalue weighted by Crippen LogP contribution is 2.48. The summed E-state index contributed by atoms with van der Waals surface area (Å²) in [5.74, 6) is -0.0780. The number of ether oxygens (including phenoxy) is 1. The Bertz CT molecular complexity index is 615. The topological polar surface area (TPSA) is 30.2 Å². The predicted octanol–water partition coefficient (Wildman–Crippen LogP) is 2.62. The van der Waals surface area contributed by atoms with Gasteiger partial charge in [0, 0.05) is 17.7 Å². The number of nitrogens with zero attached hydrogens (tertiary/aromatic N) is 1. The van der Waals surface area contributed by atoms with Gasteiger partial charge in [0.05, 0.1) is 12.0 Å². The zero-order chi connectivity index (χ0) is 14.7. The van der Waals surface area contributed by atoms with Crippen molar-refractivity contribution < 1.29 is 14.1 Å². The Morgan fingerprint density at radius 2 is 1.81 bits per heavy atom. The third-order valence-corrected chi connectivity index (χ3v) is 4.07. The lowest BCUT2D eigenvalue weighted by Gasteiger charge is -2.13. The smallest absolute Gasteiger partial charge is 0.316 e. The van der Waals surface area contributed by atoms with Crippen LogP contribution in [0, 0.1) is 0 Å². The minimum atomic E-state index is -0.373. The van der Waals surface area contributed by atoms with Crippen molar-refractivity contribution >= 4 is 5.97 Å². The molecular formula is C18H20NO2+. The molecule has 1 saturated carbocycles. The number of hydrogen-bond donors (Lipinski definition) is 0. The van der Waals surface area contributed by atoms with E-state index in [1.165, 1.54) is 5.56 Å².